The van der Waals surface area contributed by atoms with Gasteiger partial charge in [-0.3, -0.25) is 0 Å². The number of benzene rings is 2. The van der Waals surface area contributed by atoms with E-state index in [1.54, 1.807) is 32.8 Å². The van der Waals surface area contributed by atoms with Gasteiger partial charge in [-0.2, -0.15) is 0 Å². The van der Waals surface area contributed by atoms with Gasteiger partial charge in [0.05, 0.1) is 21.1 Å². The summed E-state index contributed by atoms with van der Waals surface area (Å²) in [4.78, 5) is 6.15. The molecule has 1 aliphatic rings. The van der Waals surface area contributed by atoms with Crippen LogP contribution < -0.4 is 9.99 Å². The first-order valence-electron chi connectivity index (χ1n) is 7.88. The molecule has 0 saturated carbocycles. The zero-order valence-corrected chi connectivity index (χ0v) is 17.1. The second-order valence-corrected chi connectivity index (χ2v) is 9.65. The molecule has 0 amide bonds. The standard InChI is InChI=1S/C19H16Cl2N2S2/c1-10-4-7-14-12(8-10)16-17(19(2,3)23-14)24-25-18(16)22-15-9-11(20)5-6-13(15)21/h4-9,23H,1-3H3. The van der Waals surface area contributed by atoms with Crippen LogP contribution in [0.3, 0.4) is 0 Å². The fourth-order valence-corrected chi connectivity index (χ4v) is 6.30. The molecule has 0 bridgehead atoms. The lowest BCUT2D eigenvalue weighted by atomic mass is 9.89. The molecule has 0 unspecified atom stereocenters. The molecule has 6 heteroatoms. The van der Waals surface area contributed by atoms with Gasteiger partial charge in [0.15, 0.2) is 0 Å². The summed E-state index contributed by atoms with van der Waals surface area (Å²) in [7, 11) is 3.45. The Labute approximate surface area is 164 Å². The maximum Gasteiger partial charge on any atom is 0.135 e. The van der Waals surface area contributed by atoms with Gasteiger partial charge in [0.2, 0.25) is 0 Å². The predicted octanol–water partition coefficient (Wildman–Crippen LogP) is 6.98. The molecule has 0 saturated heterocycles. The molecule has 2 nitrogen and oxygen atoms in total. The van der Waals surface area contributed by atoms with Crippen LogP contribution in [0.15, 0.2) is 41.4 Å². The summed E-state index contributed by atoms with van der Waals surface area (Å²) < 4.78 is 0.977. The molecule has 128 valence electrons. The van der Waals surface area contributed by atoms with E-state index in [0.29, 0.717) is 15.7 Å². The normalized spacial score (nSPS) is 15.5. The third-order valence-electron chi connectivity index (χ3n) is 4.23. The van der Waals surface area contributed by atoms with Crippen molar-refractivity contribution < 1.29 is 0 Å². The van der Waals surface area contributed by atoms with E-state index in [1.807, 2.05) is 6.07 Å². The summed E-state index contributed by atoms with van der Waals surface area (Å²) in [6, 6.07) is 11.9. The number of aryl methyl sites for hydroxylation is 1. The van der Waals surface area contributed by atoms with Crippen molar-refractivity contribution in [3.05, 3.63) is 61.6 Å². The summed E-state index contributed by atoms with van der Waals surface area (Å²) in [5, 5.41) is 4.89. The van der Waals surface area contributed by atoms with Gasteiger partial charge in [0, 0.05) is 21.8 Å². The van der Waals surface area contributed by atoms with Crippen LogP contribution in [0.25, 0.3) is 11.1 Å². The number of halogens is 2. The second-order valence-electron chi connectivity index (χ2n) is 6.68. The molecule has 0 fully saturated rings. The molecule has 2 aromatic carbocycles. The Morgan fingerprint density at radius 1 is 1.04 bits per heavy atom. The molecule has 4 rings (SSSR count). The largest absolute Gasteiger partial charge is 0.375 e. The Hall–Kier alpha value is -1.33. The zero-order valence-electron chi connectivity index (χ0n) is 14.0. The van der Waals surface area contributed by atoms with E-state index in [4.69, 9.17) is 28.2 Å². The van der Waals surface area contributed by atoms with Crippen molar-refractivity contribution in [2.75, 3.05) is 5.32 Å². The molecular weight excluding hydrogens is 391 g/mol. The highest BCUT2D eigenvalue weighted by atomic mass is 35.5. The molecule has 25 heavy (non-hydrogen) atoms. The molecule has 1 aliphatic heterocycles. The van der Waals surface area contributed by atoms with E-state index in [-0.39, 0.29) is 5.54 Å². The molecule has 0 atom stereocenters. The average molecular weight is 407 g/mol. The third-order valence-corrected chi connectivity index (χ3v) is 7.43. The van der Waals surface area contributed by atoms with E-state index < -0.39 is 0 Å². The van der Waals surface area contributed by atoms with Crippen LogP contribution >= 0.6 is 43.9 Å². The smallest absolute Gasteiger partial charge is 0.135 e. The van der Waals surface area contributed by atoms with Crippen molar-refractivity contribution in [1.29, 1.82) is 0 Å². The van der Waals surface area contributed by atoms with E-state index in [1.165, 1.54) is 21.6 Å². The van der Waals surface area contributed by atoms with Crippen molar-refractivity contribution in [1.82, 2.24) is 0 Å². The van der Waals surface area contributed by atoms with E-state index in [2.05, 4.69) is 44.3 Å². The van der Waals surface area contributed by atoms with Gasteiger partial charge < -0.3 is 5.32 Å². The van der Waals surface area contributed by atoms with E-state index in [9.17, 15) is 0 Å². The number of anilines is 1. The van der Waals surface area contributed by atoms with E-state index in [0.717, 1.165) is 10.4 Å². The fourth-order valence-electron chi connectivity index (χ4n) is 3.04. The lowest BCUT2D eigenvalue weighted by molar-refractivity contribution is 0.619. The third kappa shape index (κ3) is 3.02. The highest BCUT2D eigenvalue weighted by Gasteiger charge is 2.33. The monoisotopic (exact) mass is 406 g/mol. The minimum Gasteiger partial charge on any atom is -0.375 e. The molecular formula is C19H16Cl2N2S2. The summed E-state index contributed by atoms with van der Waals surface area (Å²) in [6.07, 6.45) is 0. The van der Waals surface area contributed by atoms with Crippen LogP contribution in [-0.2, 0) is 5.54 Å². The number of fused-ring (bicyclic) bond motifs is 3. The lowest BCUT2D eigenvalue weighted by Gasteiger charge is -2.33. The SMILES string of the molecule is Cc1ccc2c(c1)-c1c(ssc1=Nc1cc(Cl)ccc1Cl)C(C)(C)N2. The Morgan fingerprint density at radius 2 is 1.84 bits per heavy atom. The molecule has 3 aromatic rings. The van der Waals surface area contributed by atoms with Crippen molar-refractivity contribution in [2.45, 2.75) is 26.3 Å². The highest BCUT2D eigenvalue weighted by Crippen LogP contribution is 2.45. The Kier molecular flexibility index (Phi) is 4.19. The van der Waals surface area contributed by atoms with Gasteiger partial charge >= 0.3 is 0 Å². The Bertz CT molecular complexity index is 1050. The second kappa shape index (κ2) is 6.13. The molecule has 0 radical (unpaired) electrons. The zero-order chi connectivity index (χ0) is 17.8. The number of rotatable bonds is 1. The van der Waals surface area contributed by atoms with Gasteiger partial charge in [-0.05, 0) is 51.1 Å². The minimum absolute atomic E-state index is 0.134. The van der Waals surface area contributed by atoms with Gasteiger partial charge in [0.1, 0.15) is 4.67 Å². The lowest BCUT2D eigenvalue weighted by Crippen LogP contribution is -2.31. The van der Waals surface area contributed by atoms with Crippen molar-refractivity contribution in [3.63, 3.8) is 0 Å². The van der Waals surface area contributed by atoms with Crippen LogP contribution in [0.4, 0.5) is 11.4 Å². The molecule has 0 aliphatic carbocycles. The summed E-state index contributed by atoms with van der Waals surface area (Å²) in [5.74, 6) is 0. The van der Waals surface area contributed by atoms with Crippen LogP contribution in [-0.4, -0.2) is 0 Å². The Morgan fingerprint density at radius 3 is 2.64 bits per heavy atom. The maximum absolute atomic E-state index is 6.32. The van der Waals surface area contributed by atoms with Crippen LogP contribution in [0.1, 0.15) is 24.3 Å². The predicted molar refractivity (Wildman–Crippen MR) is 111 cm³/mol. The quantitative estimate of drug-likeness (QED) is 0.432. The number of nitrogens with one attached hydrogen (secondary N) is 1. The summed E-state index contributed by atoms with van der Waals surface area (Å²) in [5.41, 5.74) is 5.34. The van der Waals surface area contributed by atoms with Crippen LogP contribution in [0.5, 0.6) is 0 Å². The van der Waals surface area contributed by atoms with Crippen molar-refractivity contribution in [2.24, 2.45) is 4.99 Å². The minimum atomic E-state index is -0.134. The van der Waals surface area contributed by atoms with Crippen molar-refractivity contribution >= 4 is 55.3 Å². The van der Waals surface area contributed by atoms with Gasteiger partial charge in [0.25, 0.3) is 0 Å². The average Bonchev–Trinajstić information content (AvgIpc) is 2.97. The molecule has 0 spiro atoms. The number of hydrogen-bond acceptors (Lipinski definition) is 4. The Balaban J connectivity index is 2.02. The number of hydrogen-bond donors (Lipinski definition) is 1. The summed E-state index contributed by atoms with van der Waals surface area (Å²) in [6.45, 7) is 6.52. The van der Waals surface area contributed by atoms with Gasteiger partial charge in [-0.15, -0.1) is 0 Å². The van der Waals surface area contributed by atoms with E-state index >= 15 is 0 Å². The van der Waals surface area contributed by atoms with Gasteiger partial charge in [-0.25, -0.2) is 4.99 Å². The molecule has 2 heterocycles. The fraction of sp³-hybridized carbons (Fsp3) is 0.211. The first kappa shape index (κ1) is 17.1. The molecule has 1 N–H and O–H groups in total. The number of nitrogens with zero attached hydrogens (tertiary/aromatic N) is 1. The van der Waals surface area contributed by atoms with Gasteiger partial charge in [-0.1, -0.05) is 55.5 Å². The first-order valence-corrected chi connectivity index (χ1v) is 10.8. The maximum atomic E-state index is 6.32. The van der Waals surface area contributed by atoms with Crippen LogP contribution in [0, 0.1) is 6.92 Å². The topological polar surface area (TPSA) is 24.4 Å². The van der Waals surface area contributed by atoms with Crippen molar-refractivity contribution in [3.8, 4) is 11.1 Å². The summed E-state index contributed by atoms with van der Waals surface area (Å²) >= 11 is 12.4. The first-order chi connectivity index (χ1) is 11.8. The van der Waals surface area contributed by atoms with Crippen LogP contribution in [0.2, 0.25) is 10.0 Å². The molecule has 1 aromatic heterocycles. The highest BCUT2D eigenvalue weighted by molar-refractivity contribution is 7.68.